The first-order chi connectivity index (χ1) is 7.86. The molecule has 0 amide bonds. The van der Waals surface area contributed by atoms with Crippen molar-refractivity contribution in [3.8, 4) is 0 Å². The number of nitrogens with zero attached hydrogens (tertiary/aromatic N) is 2. The van der Waals surface area contributed by atoms with Gasteiger partial charge in [-0.15, -0.1) is 0 Å². The molecule has 1 aliphatic rings. The Bertz CT molecular complexity index is 432. The molecule has 0 bridgehead atoms. The number of carboxylic acids is 1. The molecule has 1 N–H and O–H groups in total. The molecule has 2 rings (SSSR count). The van der Waals surface area contributed by atoms with E-state index in [0.29, 0.717) is 5.69 Å². The van der Waals surface area contributed by atoms with E-state index in [0.717, 1.165) is 0 Å². The van der Waals surface area contributed by atoms with Crippen molar-refractivity contribution >= 4 is 5.97 Å². The molecule has 1 saturated carbocycles. The third kappa shape index (κ3) is 2.03. The summed E-state index contributed by atoms with van der Waals surface area (Å²) in [5.74, 6) is -3.81. The molecule has 1 fully saturated rings. The number of carbonyl (C=O) groups is 1. The standard InChI is InChI=1S/C11H14F2N2O2/c1-15-6-8(14-7-15)10(9(16)17)2-4-11(12,13)5-3-10/h6-7H,2-5H2,1H3,(H,16,17). The van der Waals surface area contributed by atoms with Crippen molar-refractivity contribution in [2.45, 2.75) is 37.0 Å². The van der Waals surface area contributed by atoms with Gasteiger partial charge in [0.25, 0.3) is 0 Å². The van der Waals surface area contributed by atoms with Crippen LogP contribution in [0.4, 0.5) is 8.78 Å². The number of rotatable bonds is 2. The summed E-state index contributed by atoms with van der Waals surface area (Å²) in [6, 6.07) is 0. The van der Waals surface area contributed by atoms with E-state index in [-0.39, 0.29) is 12.8 Å². The van der Waals surface area contributed by atoms with Gasteiger partial charge in [0.1, 0.15) is 5.41 Å². The van der Waals surface area contributed by atoms with Crippen LogP contribution in [0.2, 0.25) is 0 Å². The molecule has 0 atom stereocenters. The molecule has 1 aliphatic carbocycles. The Morgan fingerprint density at radius 3 is 2.41 bits per heavy atom. The van der Waals surface area contributed by atoms with E-state index in [1.165, 1.54) is 6.33 Å². The molecular weight excluding hydrogens is 230 g/mol. The molecule has 0 radical (unpaired) electrons. The first kappa shape index (κ1) is 12.0. The summed E-state index contributed by atoms with van der Waals surface area (Å²) in [4.78, 5) is 15.4. The Morgan fingerprint density at radius 2 is 2.00 bits per heavy atom. The number of imidazole rings is 1. The fourth-order valence-electron chi connectivity index (χ4n) is 2.28. The smallest absolute Gasteiger partial charge is 0.315 e. The summed E-state index contributed by atoms with van der Waals surface area (Å²) in [7, 11) is 1.73. The van der Waals surface area contributed by atoms with E-state index in [1.807, 2.05) is 0 Å². The van der Waals surface area contributed by atoms with E-state index >= 15 is 0 Å². The molecule has 0 spiro atoms. The van der Waals surface area contributed by atoms with E-state index in [1.54, 1.807) is 17.8 Å². The molecule has 1 aromatic heterocycles. The molecule has 94 valence electrons. The average molecular weight is 244 g/mol. The zero-order valence-electron chi connectivity index (χ0n) is 9.49. The predicted molar refractivity (Wildman–Crippen MR) is 55.9 cm³/mol. The number of alkyl halides is 2. The number of hydrogen-bond acceptors (Lipinski definition) is 2. The highest BCUT2D eigenvalue weighted by Crippen LogP contribution is 2.45. The third-order valence-electron chi connectivity index (χ3n) is 3.44. The molecule has 0 saturated heterocycles. The van der Waals surface area contributed by atoms with Crippen molar-refractivity contribution < 1.29 is 18.7 Å². The van der Waals surface area contributed by atoms with Gasteiger partial charge < -0.3 is 9.67 Å². The van der Waals surface area contributed by atoms with Crippen molar-refractivity contribution in [1.29, 1.82) is 0 Å². The highest BCUT2D eigenvalue weighted by atomic mass is 19.3. The Labute approximate surface area is 97.3 Å². The van der Waals surface area contributed by atoms with Gasteiger partial charge in [-0.25, -0.2) is 13.8 Å². The van der Waals surface area contributed by atoms with E-state index in [4.69, 9.17) is 0 Å². The minimum Gasteiger partial charge on any atom is -0.481 e. The first-order valence-electron chi connectivity index (χ1n) is 5.45. The van der Waals surface area contributed by atoms with Crippen LogP contribution in [0.15, 0.2) is 12.5 Å². The number of aliphatic carboxylic acids is 1. The molecule has 4 nitrogen and oxygen atoms in total. The fourth-order valence-corrected chi connectivity index (χ4v) is 2.28. The van der Waals surface area contributed by atoms with Gasteiger partial charge in [0, 0.05) is 26.1 Å². The quantitative estimate of drug-likeness (QED) is 0.865. The maximum absolute atomic E-state index is 13.1. The number of aromatic nitrogens is 2. The van der Waals surface area contributed by atoms with Gasteiger partial charge in [-0.2, -0.15) is 0 Å². The van der Waals surface area contributed by atoms with Crippen LogP contribution in [-0.4, -0.2) is 26.5 Å². The summed E-state index contributed by atoms with van der Waals surface area (Å²) < 4.78 is 27.9. The first-order valence-corrected chi connectivity index (χ1v) is 5.45. The van der Waals surface area contributed by atoms with Gasteiger partial charge in [0.15, 0.2) is 0 Å². The average Bonchev–Trinajstić information content (AvgIpc) is 2.65. The van der Waals surface area contributed by atoms with Crippen LogP contribution < -0.4 is 0 Å². The van der Waals surface area contributed by atoms with Gasteiger partial charge in [-0.1, -0.05) is 0 Å². The van der Waals surface area contributed by atoms with Crippen LogP contribution in [0.3, 0.4) is 0 Å². The third-order valence-corrected chi connectivity index (χ3v) is 3.44. The van der Waals surface area contributed by atoms with Crippen LogP contribution >= 0.6 is 0 Å². The second-order valence-electron chi connectivity index (χ2n) is 4.67. The topological polar surface area (TPSA) is 55.1 Å². The minimum absolute atomic E-state index is 0.0631. The Morgan fingerprint density at radius 1 is 1.41 bits per heavy atom. The lowest BCUT2D eigenvalue weighted by molar-refractivity contribution is -0.149. The maximum atomic E-state index is 13.1. The molecule has 1 aromatic rings. The summed E-state index contributed by atoms with van der Waals surface area (Å²) in [5.41, 5.74) is -0.869. The lowest BCUT2D eigenvalue weighted by atomic mass is 9.71. The van der Waals surface area contributed by atoms with Crippen molar-refractivity contribution in [3.63, 3.8) is 0 Å². The Balaban J connectivity index is 2.33. The summed E-state index contributed by atoms with van der Waals surface area (Å²) in [6.07, 6.45) is 2.18. The van der Waals surface area contributed by atoms with E-state index < -0.39 is 30.1 Å². The Hall–Kier alpha value is -1.46. The van der Waals surface area contributed by atoms with E-state index in [2.05, 4.69) is 4.98 Å². The monoisotopic (exact) mass is 244 g/mol. The van der Waals surface area contributed by atoms with Crippen LogP contribution in [-0.2, 0) is 17.3 Å². The molecule has 0 unspecified atom stereocenters. The zero-order valence-corrected chi connectivity index (χ0v) is 9.49. The van der Waals surface area contributed by atoms with Crippen LogP contribution in [0, 0.1) is 0 Å². The molecule has 0 aliphatic heterocycles. The molecule has 17 heavy (non-hydrogen) atoms. The normalized spacial score (nSPS) is 22.3. The van der Waals surface area contributed by atoms with Crippen molar-refractivity contribution in [2.75, 3.05) is 0 Å². The molecular formula is C11H14F2N2O2. The second kappa shape index (κ2) is 3.78. The number of carboxylic acid groups (broad SMARTS) is 1. The highest BCUT2D eigenvalue weighted by molar-refractivity contribution is 5.80. The number of aryl methyl sites for hydroxylation is 1. The lowest BCUT2D eigenvalue weighted by Crippen LogP contribution is -2.43. The van der Waals surface area contributed by atoms with Gasteiger partial charge in [-0.05, 0) is 12.8 Å². The summed E-state index contributed by atoms with van der Waals surface area (Å²) in [5, 5.41) is 9.33. The van der Waals surface area contributed by atoms with E-state index in [9.17, 15) is 18.7 Å². The van der Waals surface area contributed by atoms with Gasteiger partial charge >= 0.3 is 5.97 Å². The summed E-state index contributed by atoms with van der Waals surface area (Å²) >= 11 is 0. The molecule has 1 heterocycles. The number of hydrogen-bond donors (Lipinski definition) is 1. The Kier molecular flexibility index (Phi) is 2.67. The molecule has 6 heteroatoms. The van der Waals surface area contributed by atoms with Crippen LogP contribution in [0.25, 0.3) is 0 Å². The second-order valence-corrected chi connectivity index (χ2v) is 4.67. The SMILES string of the molecule is Cn1cnc(C2(C(=O)O)CCC(F)(F)CC2)c1. The van der Waals surface area contributed by atoms with Crippen molar-refractivity contribution in [1.82, 2.24) is 9.55 Å². The largest absolute Gasteiger partial charge is 0.481 e. The van der Waals surface area contributed by atoms with Gasteiger partial charge in [-0.3, -0.25) is 4.79 Å². The maximum Gasteiger partial charge on any atom is 0.315 e. The lowest BCUT2D eigenvalue weighted by Gasteiger charge is -2.35. The number of halogens is 2. The van der Waals surface area contributed by atoms with Crippen LogP contribution in [0.5, 0.6) is 0 Å². The van der Waals surface area contributed by atoms with Crippen molar-refractivity contribution in [2.24, 2.45) is 7.05 Å². The van der Waals surface area contributed by atoms with Crippen molar-refractivity contribution in [3.05, 3.63) is 18.2 Å². The minimum atomic E-state index is -2.74. The van der Waals surface area contributed by atoms with Gasteiger partial charge in [0.05, 0.1) is 12.0 Å². The van der Waals surface area contributed by atoms with Gasteiger partial charge in [0.2, 0.25) is 5.92 Å². The zero-order chi connectivity index (χ0) is 12.7. The summed E-state index contributed by atoms with van der Waals surface area (Å²) in [6.45, 7) is 0. The predicted octanol–water partition coefficient (Wildman–Crippen LogP) is 1.95. The fraction of sp³-hybridized carbons (Fsp3) is 0.636. The highest BCUT2D eigenvalue weighted by Gasteiger charge is 2.50. The van der Waals surface area contributed by atoms with Crippen LogP contribution in [0.1, 0.15) is 31.4 Å². The molecule has 0 aromatic carbocycles.